The molecule has 0 aromatic carbocycles. The van der Waals surface area contributed by atoms with Gasteiger partial charge in [0.15, 0.2) is 0 Å². The van der Waals surface area contributed by atoms with Gasteiger partial charge in [-0.25, -0.2) is 0 Å². The molecule has 0 aliphatic carbocycles. The van der Waals surface area contributed by atoms with Gasteiger partial charge in [0.05, 0.1) is 0 Å². The van der Waals surface area contributed by atoms with Crippen molar-refractivity contribution in [2.75, 3.05) is 0 Å². The maximum atomic E-state index is 10.3. The van der Waals surface area contributed by atoms with E-state index in [0.717, 1.165) is 44.4 Å². The molecule has 0 radical (unpaired) electrons. The summed E-state index contributed by atoms with van der Waals surface area (Å²) in [6.07, 6.45) is 7.04. The first kappa shape index (κ1) is 29.2. The van der Waals surface area contributed by atoms with E-state index in [-0.39, 0.29) is 11.8 Å². The summed E-state index contributed by atoms with van der Waals surface area (Å²) in [6.45, 7) is 12.3. The van der Waals surface area contributed by atoms with Crippen LogP contribution in [0.3, 0.4) is 0 Å². The monoisotopic (exact) mass is 370 g/mol. The SMILES string of the molecule is CC(C)[CH2][Al+2].CCCCC(CC)C(=O)[O-].CCCCC(CC)C(=O)[O-]. The van der Waals surface area contributed by atoms with E-state index < -0.39 is 11.9 Å². The van der Waals surface area contributed by atoms with Crippen LogP contribution in [0.25, 0.3) is 0 Å². The molecule has 0 heterocycles. The second-order valence-corrected chi connectivity index (χ2v) is 7.23. The second kappa shape index (κ2) is 21.5. The topological polar surface area (TPSA) is 80.3 Å². The number of hydrogen-bond acceptors (Lipinski definition) is 4. The summed E-state index contributed by atoms with van der Waals surface area (Å²) >= 11 is 2.69. The fraction of sp³-hybridized carbons (Fsp3) is 0.900. The summed E-state index contributed by atoms with van der Waals surface area (Å²) in [5.41, 5.74) is 0. The first-order valence-electron chi connectivity index (χ1n) is 9.83. The maximum Gasteiger partial charge on any atom is 0.0445 e. The fourth-order valence-electron chi connectivity index (χ4n) is 1.88. The molecule has 0 fully saturated rings. The molecule has 5 heteroatoms. The Hall–Kier alpha value is -0.528. The zero-order valence-electron chi connectivity index (χ0n) is 17.3. The number of carbonyl (C=O) groups excluding carboxylic acids is 2. The van der Waals surface area contributed by atoms with Crippen LogP contribution in [0.1, 0.15) is 92.9 Å². The van der Waals surface area contributed by atoms with Crippen molar-refractivity contribution in [1.29, 1.82) is 0 Å². The Morgan fingerprint density at radius 1 is 0.800 bits per heavy atom. The summed E-state index contributed by atoms with van der Waals surface area (Å²) in [4.78, 5) is 20.7. The molecule has 0 rings (SSSR count). The third kappa shape index (κ3) is 23.5. The van der Waals surface area contributed by atoms with Crippen LogP contribution >= 0.6 is 0 Å². The van der Waals surface area contributed by atoms with Crippen LogP contribution in [0, 0.1) is 17.8 Å². The van der Waals surface area contributed by atoms with Crippen molar-refractivity contribution < 1.29 is 19.8 Å². The van der Waals surface area contributed by atoms with Crippen LogP contribution < -0.4 is 10.2 Å². The molecule has 0 aromatic heterocycles. The van der Waals surface area contributed by atoms with Crippen molar-refractivity contribution in [2.45, 2.75) is 98.2 Å². The molecule has 25 heavy (non-hydrogen) atoms. The Morgan fingerprint density at radius 3 is 1.20 bits per heavy atom. The van der Waals surface area contributed by atoms with Gasteiger partial charge in [-0.2, -0.15) is 0 Å². The van der Waals surface area contributed by atoms with Crippen molar-refractivity contribution in [3.05, 3.63) is 0 Å². The van der Waals surface area contributed by atoms with Crippen molar-refractivity contribution in [2.24, 2.45) is 17.8 Å². The first-order valence-corrected chi connectivity index (χ1v) is 10.6. The van der Waals surface area contributed by atoms with E-state index in [4.69, 9.17) is 0 Å². The zero-order valence-corrected chi connectivity index (χ0v) is 18.5. The average molecular weight is 371 g/mol. The number of carbonyl (C=O) groups is 2. The Kier molecular flexibility index (Phi) is 25.2. The van der Waals surface area contributed by atoms with Gasteiger partial charge < -0.3 is 19.8 Å². The van der Waals surface area contributed by atoms with Crippen LogP contribution in [0.5, 0.6) is 0 Å². The van der Waals surface area contributed by atoms with Gasteiger partial charge in [-0.1, -0.05) is 53.4 Å². The van der Waals surface area contributed by atoms with Crippen LogP contribution in [-0.4, -0.2) is 28.2 Å². The van der Waals surface area contributed by atoms with Crippen molar-refractivity contribution in [1.82, 2.24) is 0 Å². The Bertz CT molecular complexity index is 280. The number of unbranched alkanes of at least 4 members (excludes halogenated alkanes) is 2. The molecule has 2 unspecified atom stereocenters. The van der Waals surface area contributed by atoms with Gasteiger partial charge in [0, 0.05) is 11.9 Å². The van der Waals surface area contributed by atoms with E-state index in [1.807, 2.05) is 13.8 Å². The minimum atomic E-state index is -0.893. The van der Waals surface area contributed by atoms with Gasteiger partial charge >= 0.3 is 41.3 Å². The minimum Gasteiger partial charge on any atom is -0.550 e. The summed E-state index contributed by atoms with van der Waals surface area (Å²) in [5, 5.41) is 21.9. The molecule has 0 amide bonds. The van der Waals surface area contributed by atoms with Crippen molar-refractivity contribution >= 4 is 28.2 Å². The second-order valence-electron chi connectivity index (χ2n) is 6.76. The number of rotatable bonds is 11. The molecule has 146 valence electrons. The summed E-state index contributed by atoms with van der Waals surface area (Å²) in [6, 6.07) is 0. The standard InChI is InChI=1S/2C8H16O2.C4H9.Al/c2*1-3-5-6-7(4-2)8(9)10;1-4(2)3;/h2*7H,3-6H2,1-2H3,(H,9,10);4H,1H2,2-3H3;/q;;;+2/p-2. The van der Waals surface area contributed by atoms with Gasteiger partial charge in [-0.15, -0.1) is 0 Å². The zero-order chi connectivity index (χ0) is 20.3. The molecule has 0 aliphatic heterocycles. The van der Waals surface area contributed by atoms with E-state index in [2.05, 4.69) is 44.0 Å². The Labute approximate surface area is 164 Å². The van der Waals surface area contributed by atoms with E-state index in [1.165, 1.54) is 5.28 Å². The van der Waals surface area contributed by atoms with Gasteiger partial charge in [0.1, 0.15) is 0 Å². The predicted molar refractivity (Wildman–Crippen MR) is 102 cm³/mol. The third-order valence-electron chi connectivity index (χ3n) is 3.94. The molecule has 0 saturated heterocycles. The predicted octanol–water partition coefficient (Wildman–Crippen LogP) is 3.13. The molecule has 0 bridgehead atoms. The number of carboxylic acid groups (broad SMARTS) is 2. The van der Waals surface area contributed by atoms with E-state index in [1.54, 1.807) is 0 Å². The molecular formula is C20H39AlO4. The van der Waals surface area contributed by atoms with E-state index in [0.29, 0.717) is 12.8 Å². The molecule has 4 nitrogen and oxygen atoms in total. The first-order chi connectivity index (χ1) is 11.7. The number of carboxylic acids is 2. The molecule has 0 aliphatic rings. The summed E-state index contributed by atoms with van der Waals surface area (Å²) < 4.78 is 0. The van der Waals surface area contributed by atoms with Gasteiger partial charge in [-0.05, 0) is 37.5 Å². The molecule has 0 saturated carbocycles. The summed E-state index contributed by atoms with van der Waals surface area (Å²) in [7, 11) is 0. The van der Waals surface area contributed by atoms with Gasteiger partial charge in [0.2, 0.25) is 0 Å². The Morgan fingerprint density at radius 2 is 1.08 bits per heavy atom. The fourth-order valence-corrected chi connectivity index (χ4v) is 1.88. The molecule has 0 aromatic rings. The quantitative estimate of drug-likeness (QED) is 0.523. The minimum absolute atomic E-state index is 0.222. The van der Waals surface area contributed by atoms with E-state index in [9.17, 15) is 19.8 Å². The summed E-state index contributed by atoms with van der Waals surface area (Å²) in [5.74, 6) is -1.38. The van der Waals surface area contributed by atoms with Crippen molar-refractivity contribution in [3.63, 3.8) is 0 Å². The normalized spacial score (nSPS) is 12.4. The van der Waals surface area contributed by atoms with Crippen molar-refractivity contribution in [3.8, 4) is 0 Å². The third-order valence-corrected chi connectivity index (χ3v) is 4.88. The van der Waals surface area contributed by atoms with Crippen LogP contribution in [0.15, 0.2) is 0 Å². The number of aliphatic carboxylic acids is 2. The van der Waals surface area contributed by atoms with Gasteiger partial charge in [-0.3, -0.25) is 0 Å². The largest absolute Gasteiger partial charge is 0.550 e. The van der Waals surface area contributed by atoms with Crippen LogP contribution in [0.2, 0.25) is 5.28 Å². The molecular weight excluding hydrogens is 331 g/mol. The molecule has 0 N–H and O–H groups in total. The molecule has 2 atom stereocenters. The van der Waals surface area contributed by atoms with Gasteiger partial charge in [0.25, 0.3) is 0 Å². The molecule has 0 spiro atoms. The smallest absolute Gasteiger partial charge is 0.0445 e. The van der Waals surface area contributed by atoms with Crippen LogP contribution in [-0.2, 0) is 9.59 Å². The average Bonchev–Trinajstić information content (AvgIpc) is 2.56. The van der Waals surface area contributed by atoms with Crippen LogP contribution in [0.4, 0.5) is 0 Å². The van der Waals surface area contributed by atoms with E-state index >= 15 is 0 Å². The maximum absolute atomic E-state index is 10.3. The number of hydrogen-bond donors (Lipinski definition) is 0. The Balaban J connectivity index is -0.000000308.